The summed E-state index contributed by atoms with van der Waals surface area (Å²) >= 11 is 5.87. The first kappa shape index (κ1) is 23.5. The van der Waals surface area contributed by atoms with Crippen molar-refractivity contribution in [1.82, 2.24) is 10.2 Å². The Morgan fingerprint density at radius 2 is 1.81 bits per heavy atom. The van der Waals surface area contributed by atoms with Gasteiger partial charge in [-0.25, -0.2) is 12.8 Å². The monoisotopic (exact) mass is 467 g/mol. The third-order valence-electron chi connectivity index (χ3n) is 5.23. The standard InChI is InChI=1S/C22H27ClFN3O3S/c23-20-16-18(10-11-21(20)24)27(31(29,30)19-8-3-1-4-9-19)17-22(28)25-12-7-15-26-13-5-2-6-14-26/h1,3-4,8-11,16H,2,5-7,12-15,17H2,(H,25,28). The van der Waals surface area contributed by atoms with Crippen molar-refractivity contribution >= 4 is 33.2 Å². The van der Waals surface area contributed by atoms with Crippen LogP contribution in [0, 0.1) is 5.82 Å². The quantitative estimate of drug-likeness (QED) is 0.571. The molecule has 1 aliphatic heterocycles. The summed E-state index contributed by atoms with van der Waals surface area (Å²) in [6.07, 6.45) is 4.48. The smallest absolute Gasteiger partial charge is 0.264 e. The Labute approximate surface area is 188 Å². The maximum absolute atomic E-state index is 13.6. The molecule has 31 heavy (non-hydrogen) atoms. The molecule has 0 aliphatic carbocycles. The Balaban J connectivity index is 1.69. The number of piperidine rings is 1. The van der Waals surface area contributed by atoms with Gasteiger partial charge in [0.25, 0.3) is 10.0 Å². The number of hydrogen-bond donors (Lipinski definition) is 1. The molecule has 0 aromatic heterocycles. The lowest BCUT2D eigenvalue weighted by atomic mass is 10.1. The molecule has 0 saturated carbocycles. The third kappa shape index (κ3) is 6.41. The number of halogens is 2. The van der Waals surface area contributed by atoms with Crippen LogP contribution in [-0.4, -0.2) is 51.9 Å². The van der Waals surface area contributed by atoms with E-state index in [-0.39, 0.29) is 15.6 Å². The number of anilines is 1. The number of nitrogens with zero attached hydrogens (tertiary/aromatic N) is 2. The average Bonchev–Trinajstić information content (AvgIpc) is 2.78. The Bertz CT molecular complexity index is 983. The molecular formula is C22H27ClFN3O3S. The Hall–Kier alpha value is -2.16. The molecule has 168 valence electrons. The molecule has 2 aromatic carbocycles. The maximum Gasteiger partial charge on any atom is 0.264 e. The normalized spacial score (nSPS) is 14.9. The first-order valence-corrected chi connectivity index (χ1v) is 12.2. The van der Waals surface area contributed by atoms with Crippen molar-refractivity contribution in [3.8, 4) is 0 Å². The van der Waals surface area contributed by atoms with E-state index in [0.717, 1.165) is 36.4 Å². The fourth-order valence-corrected chi connectivity index (χ4v) is 5.18. The Kier molecular flexibility index (Phi) is 8.28. The van der Waals surface area contributed by atoms with E-state index in [9.17, 15) is 17.6 Å². The summed E-state index contributed by atoms with van der Waals surface area (Å²) in [6, 6.07) is 11.4. The molecule has 0 unspecified atom stereocenters. The lowest BCUT2D eigenvalue weighted by molar-refractivity contribution is -0.119. The van der Waals surface area contributed by atoms with Gasteiger partial charge in [0, 0.05) is 6.54 Å². The highest BCUT2D eigenvalue weighted by Gasteiger charge is 2.27. The highest BCUT2D eigenvalue weighted by atomic mass is 35.5. The van der Waals surface area contributed by atoms with Gasteiger partial charge in [0.05, 0.1) is 15.6 Å². The second kappa shape index (κ2) is 10.9. The molecule has 1 saturated heterocycles. The van der Waals surface area contributed by atoms with Crippen LogP contribution in [0.25, 0.3) is 0 Å². The highest BCUT2D eigenvalue weighted by Crippen LogP contribution is 2.27. The number of rotatable bonds is 9. The topological polar surface area (TPSA) is 69.7 Å². The zero-order valence-electron chi connectivity index (χ0n) is 17.3. The number of likely N-dealkylation sites (tertiary alicyclic amines) is 1. The van der Waals surface area contributed by atoms with Crippen molar-refractivity contribution in [3.05, 3.63) is 59.4 Å². The van der Waals surface area contributed by atoms with Gasteiger partial charge in [0.15, 0.2) is 0 Å². The SMILES string of the molecule is O=C(CN(c1ccc(F)c(Cl)c1)S(=O)(=O)c1ccccc1)NCCCN1CCCCC1. The zero-order valence-corrected chi connectivity index (χ0v) is 18.8. The summed E-state index contributed by atoms with van der Waals surface area (Å²) in [5, 5.41) is 2.58. The van der Waals surface area contributed by atoms with Gasteiger partial charge in [0.2, 0.25) is 5.91 Å². The van der Waals surface area contributed by atoms with Crippen LogP contribution in [0.3, 0.4) is 0 Å². The van der Waals surface area contributed by atoms with E-state index in [2.05, 4.69) is 10.2 Å². The third-order valence-corrected chi connectivity index (χ3v) is 7.31. The van der Waals surface area contributed by atoms with Crippen LogP contribution in [0.5, 0.6) is 0 Å². The van der Waals surface area contributed by atoms with Gasteiger partial charge in [-0.1, -0.05) is 36.2 Å². The zero-order chi connectivity index (χ0) is 22.3. The summed E-state index contributed by atoms with van der Waals surface area (Å²) in [7, 11) is -4.04. The first-order valence-electron chi connectivity index (χ1n) is 10.4. The minimum absolute atomic E-state index is 0.0355. The summed E-state index contributed by atoms with van der Waals surface area (Å²) in [4.78, 5) is 15.0. The number of nitrogens with one attached hydrogen (secondary N) is 1. The van der Waals surface area contributed by atoms with Crippen LogP contribution in [0.2, 0.25) is 5.02 Å². The van der Waals surface area contributed by atoms with Gasteiger partial charge in [-0.3, -0.25) is 9.10 Å². The lowest BCUT2D eigenvalue weighted by Gasteiger charge is -2.26. The molecule has 1 heterocycles. The molecule has 0 radical (unpaired) electrons. The van der Waals surface area contributed by atoms with E-state index in [1.807, 2.05) is 0 Å². The van der Waals surface area contributed by atoms with Crippen molar-refractivity contribution < 1.29 is 17.6 Å². The number of benzene rings is 2. The van der Waals surface area contributed by atoms with E-state index in [1.54, 1.807) is 18.2 Å². The molecule has 1 amide bonds. The molecule has 6 nitrogen and oxygen atoms in total. The highest BCUT2D eigenvalue weighted by molar-refractivity contribution is 7.92. The van der Waals surface area contributed by atoms with Crippen molar-refractivity contribution in [2.45, 2.75) is 30.6 Å². The van der Waals surface area contributed by atoms with Crippen LogP contribution in [0.4, 0.5) is 10.1 Å². The van der Waals surface area contributed by atoms with Crippen LogP contribution >= 0.6 is 11.6 Å². The summed E-state index contributed by atoms with van der Waals surface area (Å²) in [6.45, 7) is 3.10. The number of carbonyl (C=O) groups excluding carboxylic acids is 1. The van der Waals surface area contributed by atoms with Crippen LogP contribution in [0.1, 0.15) is 25.7 Å². The maximum atomic E-state index is 13.6. The first-order chi connectivity index (χ1) is 14.9. The molecule has 0 bridgehead atoms. The molecule has 1 N–H and O–H groups in total. The van der Waals surface area contributed by atoms with Crippen LogP contribution in [0.15, 0.2) is 53.4 Å². The minimum Gasteiger partial charge on any atom is -0.354 e. The Morgan fingerprint density at radius 1 is 1.10 bits per heavy atom. The molecule has 0 atom stereocenters. The van der Waals surface area contributed by atoms with Crippen molar-refractivity contribution in [2.24, 2.45) is 0 Å². The summed E-state index contributed by atoms with van der Waals surface area (Å²) < 4.78 is 41.0. The average molecular weight is 468 g/mol. The molecule has 0 spiro atoms. The van der Waals surface area contributed by atoms with Crippen LogP contribution < -0.4 is 9.62 Å². The van der Waals surface area contributed by atoms with Gasteiger partial charge >= 0.3 is 0 Å². The van der Waals surface area contributed by atoms with Gasteiger partial charge in [-0.2, -0.15) is 0 Å². The van der Waals surface area contributed by atoms with Crippen molar-refractivity contribution in [1.29, 1.82) is 0 Å². The number of carbonyl (C=O) groups is 1. The van der Waals surface area contributed by atoms with E-state index < -0.39 is 28.3 Å². The molecular weight excluding hydrogens is 441 g/mol. The molecule has 1 fully saturated rings. The van der Waals surface area contributed by atoms with Gasteiger partial charge < -0.3 is 10.2 Å². The fraction of sp³-hybridized carbons (Fsp3) is 0.409. The number of amides is 1. The van der Waals surface area contributed by atoms with Gasteiger partial charge in [0.1, 0.15) is 12.4 Å². The van der Waals surface area contributed by atoms with E-state index in [1.165, 1.54) is 43.5 Å². The Morgan fingerprint density at radius 3 is 2.48 bits per heavy atom. The van der Waals surface area contributed by atoms with E-state index in [4.69, 9.17) is 11.6 Å². The lowest BCUT2D eigenvalue weighted by Crippen LogP contribution is -2.41. The summed E-state index contributed by atoms with van der Waals surface area (Å²) in [5.41, 5.74) is 0.124. The second-order valence-electron chi connectivity index (χ2n) is 7.53. The molecule has 3 rings (SSSR count). The number of sulfonamides is 1. The predicted molar refractivity (Wildman–Crippen MR) is 120 cm³/mol. The van der Waals surface area contributed by atoms with Gasteiger partial charge in [-0.05, 0) is 69.2 Å². The van der Waals surface area contributed by atoms with Crippen LogP contribution in [-0.2, 0) is 14.8 Å². The largest absolute Gasteiger partial charge is 0.354 e. The fourth-order valence-electron chi connectivity index (χ4n) is 3.57. The van der Waals surface area contributed by atoms with Crippen molar-refractivity contribution in [3.63, 3.8) is 0 Å². The predicted octanol–water partition coefficient (Wildman–Crippen LogP) is 3.67. The second-order valence-corrected chi connectivity index (χ2v) is 9.80. The van der Waals surface area contributed by atoms with E-state index in [0.29, 0.717) is 6.54 Å². The van der Waals surface area contributed by atoms with E-state index >= 15 is 0 Å². The van der Waals surface area contributed by atoms with Gasteiger partial charge in [-0.15, -0.1) is 0 Å². The molecule has 1 aliphatic rings. The minimum atomic E-state index is -4.04. The summed E-state index contributed by atoms with van der Waals surface area (Å²) in [5.74, 6) is -1.09. The van der Waals surface area contributed by atoms with Crippen molar-refractivity contribution in [2.75, 3.05) is 37.0 Å². The number of hydrogen-bond acceptors (Lipinski definition) is 4. The molecule has 9 heteroatoms. The molecule has 2 aromatic rings.